The van der Waals surface area contributed by atoms with Crippen molar-refractivity contribution in [2.24, 2.45) is 5.92 Å². The lowest BCUT2D eigenvalue weighted by molar-refractivity contribution is -0.141. The monoisotopic (exact) mass is 287 g/mol. The molecule has 1 saturated heterocycles. The van der Waals surface area contributed by atoms with Gasteiger partial charge in [0.15, 0.2) is 0 Å². The summed E-state index contributed by atoms with van der Waals surface area (Å²) in [6.45, 7) is 2.00. The summed E-state index contributed by atoms with van der Waals surface area (Å²) in [6.07, 6.45) is 0.395. The van der Waals surface area contributed by atoms with Crippen LogP contribution in [0.25, 0.3) is 0 Å². The smallest absolute Gasteiger partial charge is 0.307 e. The minimum Gasteiger partial charge on any atom is -0.495 e. The summed E-state index contributed by atoms with van der Waals surface area (Å²) in [5, 5.41) is 12.3. The first kappa shape index (κ1) is 14.1. The van der Waals surface area contributed by atoms with Crippen molar-refractivity contribution in [3.8, 4) is 5.75 Å². The van der Waals surface area contributed by atoms with Crippen molar-refractivity contribution in [2.45, 2.75) is 19.4 Å². The van der Waals surface area contributed by atoms with Crippen molar-refractivity contribution in [1.82, 2.24) is 5.32 Å². The Kier molecular flexibility index (Phi) is 3.96. The summed E-state index contributed by atoms with van der Waals surface area (Å²) < 4.78 is 19.0. The first-order valence-electron chi connectivity index (χ1n) is 5.94. The maximum absolute atomic E-state index is 13.8. The van der Waals surface area contributed by atoms with Gasteiger partial charge >= 0.3 is 5.97 Å². The van der Waals surface area contributed by atoms with Crippen LogP contribution in [0.5, 0.6) is 5.75 Å². The molecule has 1 aromatic carbocycles. The van der Waals surface area contributed by atoms with Gasteiger partial charge in [-0.25, -0.2) is 4.39 Å². The molecule has 1 aromatic rings. The Morgan fingerprint density at radius 1 is 1.63 bits per heavy atom. The standard InChI is InChI=1S/C13H15ClFNO3/c1-6-9(15)4-8(14)12(19-2)11(6)10-3-7(5-16-10)13(17)18/h4,7,10,16H,3,5H2,1-2H3,(H,17,18). The summed E-state index contributed by atoms with van der Waals surface area (Å²) in [6, 6.07) is 0.951. The van der Waals surface area contributed by atoms with Gasteiger partial charge in [-0.1, -0.05) is 11.6 Å². The molecule has 1 aliphatic rings. The van der Waals surface area contributed by atoms with Crippen molar-refractivity contribution in [3.05, 3.63) is 28.0 Å². The Morgan fingerprint density at radius 2 is 2.32 bits per heavy atom. The van der Waals surface area contributed by atoms with Gasteiger partial charge in [-0.05, 0) is 25.0 Å². The van der Waals surface area contributed by atoms with Crippen molar-refractivity contribution in [2.75, 3.05) is 13.7 Å². The molecule has 2 unspecified atom stereocenters. The van der Waals surface area contributed by atoms with Crippen LogP contribution >= 0.6 is 11.6 Å². The van der Waals surface area contributed by atoms with Crippen LogP contribution < -0.4 is 10.1 Å². The molecule has 2 rings (SSSR count). The summed E-state index contributed by atoms with van der Waals surface area (Å²) in [5.41, 5.74) is 1.04. The summed E-state index contributed by atoms with van der Waals surface area (Å²) in [5.74, 6) is -1.34. The fourth-order valence-corrected chi connectivity index (χ4v) is 2.76. The molecule has 6 heteroatoms. The van der Waals surface area contributed by atoms with Crippen LogP contribution in [-0.2, 0) is 4.79 Å². The predicted octanol–water partition coefficient (Wildman–Crippen LogP) is 2.53. The maximum Gasteiger partial charge on any atom is 0.307 e. The number of aliphatic carboxylic acids is 1. The Hall–Kier alpha value is -1.33. The molecular weight excluding hydrogens is 273 g/mol. The van der Waals surface area contributed by atoms with Gasteiger partial charge < -0.3 is 15.2 Å². The third-order valence-corrected chi connectivity index (χ3v) is 3.79. The molecule has 104 valence electrons. The molecule has 1 heterocycles. The van der Waals surface area contributed by atoms with Crippen molar-refractivity contribution in [1.29, 1.82) is 0 Å². The first-order chi connectivity index (χ1) is 8.95. The van der Waals surface area contributed by atoms with E-state index >= 15 is 0 Å². The number of rotatable bonds is 3. The third-order valence-electron chi connectivity index (χ3n) is 3.51. The van der Waals surface area contributed by atoms with E-state index in [4.69, 9.17) is 21.4 Å². The molecule has 19 heavy (non-hydrogen) atoms. The lowest BCUT2D eigenvalue weighted by atomic mass is 9.95. The maximum atomic E-state index is 13.8. The van der Waals surface area contributed by atoms with Gasteiger partial charge in [-0.3, -0.25) is 4.79 Å². The highest BCUT2D eigenvalue weighted by atomic mass is 35.5. The van der Waals surface area contributed by atoms with E-state index in [1.54, 1.807) is 6.92 Å². The second kappa shape index (κ2) is 5.35. The SMILES string of the molecule is COc1c(Cl)cc(F)c(C)c1C1CC(C(=O)O)CN1. The summed E-state index contributed by atoms with van der Waals surface area (Å²) in [4.78, 5) is 11.0. The summed E-state index contributed by atoms with van der Waals surface area (Å²) >= 11 is 5.98. The quantitative estimate of drug-likeness (QED) is 0.897. The van der Waals surface area contributed by atoms with Gasteiger partial charge in [0.2, 0.25) is 0 Å². The molecule has 0 spiro atoms. The van der Waals surface area contributed by atoms with Gasteiger partial charge in [0.1, 0.15) is 11.6 Å². The third kappa shape index (κ3) is 2.53. The van der Waals surface area contributed by atoms with Crippen LogP contribution in [0.1, 0.15) is 23.6 Å². The molecule has 0 radical (unpaired) electrons. The molecule has 0 saturated carbocycles. The largest absolute Gasteiger partial charge is 0.495 e. The number of benzene rings is 1. The molecule has 0 bridgehead atoms. The number of ether oxygens (including phenoxy) is 1. The van der Waals surface area contributed by atoms with Crippen LogP contribution in [0.15, 0.2) is 6.07 Å². The number of carboxylic acids is 1. The number of hydrogen-bond acceptors (Lipinski definition) is 3. The normalized spacial score (nSPS) is 22.5. The van der Waals surface area contributed by atoms with Crippen LogP contribution in [0, 0.1) is 18.7 Å². The molecular formula is C13H15ClFNO3. The predicted molar refractivity (Wildman–Crippen MR) is 69.2 cm³/mol. The minimum absolute atomic E-state index is 0.196. The van der Waals surface area contributed by atoms with Crippen LogP contribution in [0.2, 0.25) is 5.02 Å². The van der Waals surface area contributed by atoms with Gasteiger partial charge in [0.25, 0.3) is 0 Å². The van der Waals surface area contributed by atoms with E-state index < -0.39 is 17.7 Å². The van der Waals surface area contributed by atoms with E-state index in [9.17, 15) is 9.18 Å². The number of nitrogens with one attached hydrogen (secondary N) is 1. The van der Waals surface area contributed by atoms with E-state index in [-0.39, 0.29) is 11.1 Å². The number of carbonyl (C=O) groups is 1. The number of methoxy groups -OCH3 is 1. The minimum atomic E-state index is -0.853. The van der Waals surface area contributed by atoms with Gasteiger partial charge in [-0.2, -0.15) is 0 Å². The molecule has 2 atom stereocenters. The van der Waals surface area contributed by atoms with Gasteiger partial charge in [0, 0.05) is 18.2 Å². The van der Waals surface area contributed by atoms with Gasteiger partial charge in [-0.15, -0.1) is 0 Å². The zero-order valence-electron chi connectivity index (χ0n) is 10.7. The van der Waals surface area contributed by atoms with E-state index in [0.717, 1.165) is 0 Å². The van der Waals surface area contributed by atoms with Crippen molar-refractivity contribution in [3.63, 3.8) is 0 Å². The average molecular weight is 288 g/mol. The Labute approximate surface area is 115 Å². The number of halogens is 2. The number of hydrogen-bond donors (Lipinski definition) is 2. The molecule has 2 N–H and O–H groups in total. The highest BCUT2D eigenvalue weighted by Crippen LogP contribution is 2.40. The molecule has 0 amide bonds. The topological polar surface area (TPSA) is 58.6 Å². The second-order valence-electron chi connectivity index (χ2n) is 4.64. The van der Waals surface area contributed by atoms with Crippen LogP contribution in [0.3, 0.4) is 0 Å². The highest BCUT2D eigenvalue weighted by molar-refractivity contribution is 6.32. The second-order valence-corrected chi connectivity index (χ2v) is 5.05. The highest BCUT2D eigenvalue weighted by Gasteiger charge is 2.33. The molecule has 4 nitrogen and oxygen atoms in total. The van der Waals surface area contributed by atoms with Crippen molar-refractivity contribution >= 4 is 17.6 Å². The fourth-order valence-electron chi connectivity index (χ4n) is 2.48. The lowest BCUT2D eigenvalue weighted by Crippen LogP contribution is -2.18. The van der Waals surface area contributed by atoms with Crippen molar-refractivity contribution < 1.29 is 19.0 Å². The Morgan fingerprint density at radius 3 is 2.84 bits per heavy atom. The van der Waals surface area contributed by atoms with Gasteiger partial charge in [0.05, 0.1) is 18.1 Å². The fraction of sp³-hybridized carbons (Fsp3) is 0.462. The van der Waals surface area contributed by atoms with E-state index in [2.05, 4.69) is 5.32 Å². The van der Waals surface area contributed by atoms with Crippen LogP contribution in [-0.4, -0.2) is 24.7 Å². The first-order valence-corrected chi connectivity index (χ1v) is 6.32. The van der Waals surface area contributed by atoms with Crippen LogP contribution in [0.4, 0.5) is 4.39 Å². The molecule has 1 aliphatic heterocycles. The zero-order chi connectivity index (χ0) is 14.2. The summed E-state index contributed by atoms with van der Waals surface area (Å²) in [7, 11) is 1.46. The van der Waals surface area contributed by atoms with E-state index in [1.165, 1.54) is 13.2 Å². The average Bonchev–Trinajstić information content (AvgIpc) is 2.82. The molecule has 0 aliphatic carbocycles. The van der Waals surface area contributed by atoms with E-state index in [1.807, 2.05) is 0 Å². The van der Waals surface area contributed by atoms with E-state index in [0.29, 0.717) is 29.8 Å². The Bertz CT molecular complexity index is 521. The Balaban J connectivity index is 2.42. The molecule has 1 fully saturated rings. The lowest BCUT2D eigenvalue weighted by Gasteiger charge is -2.19. The zero-order valence-corrected chi connectivity index (χ0v) is 11.4. The molecule has 0 aromatic heterocycles. The number of carboxylic acid groups (broad SMARTS) is 1.